The van der Waals surface area contributed by atoms with Gasteiger partial charge in [0.25, 0.3) is 0 Å². The molecule has 1 aliphatic carbocycles. The van der Waals surface area contributed by atoms with Gasteiger partial charge in [-0.3, -0.25) is 9.59 Å². The van der Waals surface area contributed by atoms with Gasteiger partial charge in [-0.05, 0) is 43.6 Å². The fraction of sp³-hybridized carbons (Fsp3) is 0.300. The van der Waals surface area contributed by atoms with Crippen molar-refractivity contribution in [3.63, 3.8) is 0 Å². The summed E-state index contributed by atoms with van der Waals surface area (Å²) in [5.74, 6) is -1.21. The van der Waals surface area contributed by atoms with E-state index in [4.69, 9.17) is 0 Å². The molecule has 4 heteroatoms. The molecule has 0 spiro atoms. The van der Waals surface area contributed by atoms with Crippen LogP contribution < -0.4 is 10.6 Å². The second-order valence-corrected chi connectivity index (χ2v) is 6.09. The highest BCUT2D eigenvalue weighted by molar-refractivity contribution is 6.40. The molecule has 124 valence electrons. The third-order valence-corrected chi connectivity index (χ3v) is 4.36. The first-order valence-corrected chi connectivity index (χ1v) is 8.49. The molecule has 2 N–H and O–H groups in total. The van der Waals surface area contributed by atoms with E-state index in [1.54, 1.807) is 6.07 Å². The van der Waals surface area contributed by atoms with Gasteiger partial charge >= 0.3 is 11.8 Å². The first-order chi connectivity index (χ1) is 11.7. The smallest absolute Gasteiger partial charge is 0.313 e. The summed E-state index contributed by atoms with van der Waals surface area (Å²) < 4.78 is 0. The van der Waals surface area contributed by atoms with Gasteiger partial charge in [0.15, 0.2) is 0 Å². The quantitative estimate of drug-likeness (QED) is 0.665. The molecule has 0 aromatic heterocycles. The summed E-state index contributed by atoms with van der Waals surface area (Å²) in [4.78, 5) is 24.1. The van der Waals surface area contributed by atoms with Crippen LogP contribution in [0.3, 0.4) is 0 Å². The number of nitrogens with one attached hydrogen (secondary N) is 2. The highest BCUT2D eigenvalue weighted by Crippen LogP contribution is 2.23. The van der Waals surface area contributed by atoms with Crippen LogP contribution in [0.15, 0.2) is 54.1 Å². The maximum Gasteiger partial charge on any atom is 0.313 e. The van der Waals surface area contributed by atoms with E-state index < -0.39 is 11.8 Å². The number of hydrogen-bond donors (Lipinski definition) is 2. The molecule has 0 radical (unpaired) electrons. The van der Waals surface area contributed by atoms with Crippen molar-refractivity contribution in [3.8, 4) is 0 Å². The zero-order chi connectivity index (χ0) is 16.8. The van der Waals surface area contributed by atoms with Crippen molar-refractivity contribution in [1.29, 1.82) is 0 Å². The second kappa shape index (κ2) is 7.77. The van der Waals surface area contributed by atoms with Crippen LogP contribution in [-0.2, 0) is 9.59 Å². The lowest BCUT2D eigenvalue weighted by Crippen LogP contribution is -2.36. The molecule has 1 aliphatic rings. The minimum atomic E-state index is -0.621. The molecule has 0 unspecified atom stereocenters. The average molecular weight is 322 g/mol. The SMILES string of the molecule is O=C(NCCC1=CCCCC1)C(=O)Nc1cccc2ccccc12. The van der Waals surface area contributed by atoms with Crippen molar-refractivity contribution in [2.24, 2.45) is 0 Å². The Morgan fingerprint density at radius 1 is 0.958 bits per heavy atom. The topological polar surface area (TPSA) is 58.2 Å². The molecule has 2 aromatic rings. The van der Waals surface area contributed by atoms with Crippen molar-refractivity contribution in [2.45, 2.75) is 32.1 Å². The van der Waals surface area contributed by atoms with Gasteiger partial charge in [-0.25, -0.2) is 0 Å². The summed E-state index contributed by atoms with van der Waals surface area (Å²) in [5.41, 5.74) is 2.04. The van der Waals surface area contributed by atoms with Crippen molar-refractivity contribution in [1.82, 2.24) is 5.32 Å². The lowest BCUT2D eigenvalue weighted by molar-refractivity contribution is -0.136. The summed E-state index contributed by atoms with van der Waals surface area (Å²) >= 11 is 0. The normalized spacial score (nSPS) is 14.1. The third-order valence-electron chi connectivity index (χ3n) is 4.36. The van der Waals surface area contributed by atoms with Crippen molar-refractivity contribution in [2.75, 3.05) is 11.9 Å². The van der Waals surface area contributed by atoms with E-state index in [1.165, 1.54) is 18.4 Å². The Morgan fingerprint density at radius 2 is 1.79 bits per heavy atom. The maximum atomic E-state index is 12.1. The summed E-state index contributed by atoms with van der Waals surface area (Å²) in [6, 6.07) is 13.4. The van der Waals surface area contributed by atoms with Crippen LogP contribution >= 0.6 is 0 Å². The maximum absolute atomic E-state index is 12.1. The summed E-state index contributed by atoms with van der Waals surface area (Å²) in [5, 5.41) is 7.37. The molecule has 0 aliphatic heterocycles. The predicted octanol–water partition coefficient (Wildman–Crippen LogP) is 3.79. The van der Waals surface area contributed by atoms with Crippen molar-refractivity contribution < 1.29 is 9.59 Å². The highest BCUT2D eigenvalue weighted by Gasteiger charge is 2.14. The average Bonchev–Trinajstić information content (AvgIpc) is 2.63. The Bertz CT molecular complexity index is 775. The number of allylic oxidation sites excluding steroid dienone is 1. The molecule has 0 saturated heterocycles. The van der Waals surface area contributed by atoms with Crippen LogP contribution in [-0.4, -0.2) is 18.4 Å². The number of fused-ring (bicyclic) bond motifs is 1. The zero-order valence-corrected chi connectivity index (χ0v) is 13.7. The minimum absolute atomic E-state index is 0.508. The van der Waals surface area contributed by atoms with Gasteiger partial charge in [0.2, 0.25) is 0 Å². The number of carbonyl (C=O) groups is 2. The number of anilines is 1. The van der Waals surface area contributed by atoms with Gasteiger partial charge in [-0.15, -0.1) is 0 Å². The molecule has 3 rings (SSSR count). The van der Waals surface area contributed by atoms with Crippen molar-refractivity contribution in [3.05, 3.63) is 54.1 Å². The molecule has 0 fully saturated rings. The predicted molar refractivity (Wildman–Crippen MR) is 96.8 cm³/mol. The van der Waals surface area contributed by atoms with Gasteiger partial charge in [-0.1, -0.05) is 48.0 Å². The van der Waals surface area contributed by atoms with Gasteiger partial charge in [0.05, 0.1) is 0 Å². The molecular formula is C20H22N2O2. The van der Waals surface area contributed by atoms with Crippen LogP contribution in [0.4, 0.5) is 5.69 Å². The number of carbonyl (C=O) groups excluding carboxylic acids is 2. The lowest BCUT2D eigenvalue weighted by Gasteiger charge is -2.13. The molecule has 0 heterocycles. The minimum Gasteiger partial charge on any atom is -0.348 e. The van der Waals surface area contributed by atoms with Gasteiger partial charge in [0, 0.05) is 17.6 Å². The number of rotatable bonds is 4. The Hall–Kier alpha value is -2.62. The van der Waals surface area contributed by atoms with E-state index in [0.717, 1.165) is 30.0 Å². The Labute approximate surface area is 141 Å². The van der Waals surface area contributed by atoms with Crippen LogP contribution in [0.5, 0.6) is 0 Å². The van der Waals surface area contributed by atoms with Crippen LogP contribution in [0.1, 0.15) is 32.1 Å². The Balaban J connectivity index is 1.55. The van der Waals surface area contributed by atoms with Gasteiger partial charge in [-0.2, -0.15) is 0 Å². The van der Waals surface area contributed by atoms with E-state index in [2.05, 4.69) is 16.7 Å². The first-order valence-electron chi connectivity index (χ1n) is 8.49. The molecular weight excluding hydrogens is 300 g/mol. The van der Waals surface area contributed by atoms with E-state index >= 15 is 0 Å². The summed E-state index contributed by atoms with van der Waals surface area (Å²) in [7, 11) is 0. The third kappa shape index (κ3) is 4.02. The number of benzene rings is 2. The first kappa shape index (κ1) is 16.2. The monoisotopic (exact) mass is 322 g/mol. The number of hydrogen-bond acceptors (Lipinski definition) is 2. The largest absolute Gasteiger partial charge is 0.348 e. The van der Waals surface area contributed by atoms with E-state index in [1.807, 2.05) is 36.4 Å². The molecule has 24 heavy (non-hydrogen) atoms. The van der Waals surface area contributed by atoms with E-state index in [9.17, 15) is 9.59 Å². The number of amides is 2. The fourth-order valence-electron chi connectivity index (χ4n) is 3.06. The molecule has 4 nitrogen and oxygen atoms in total. The van der Waals surface area contributed by atoms with Crippen LogP contribution in [0.25, 0.3) is 10.8 Å². The Morgan fingerprint density at radius 3 is 2.62 bits per heavy atom. The Kier molecular flexibility index (Phi) is 5.26. The summed E-state index contributed by atoms with van der Waals surface area (Å²) in [6.07, 6.45) is 7.80. The molecule has 2 aromatic carbocycles. The molecule has 2 amide bonds. The van der Waals surface area contributed by atoms with E-state index in [0.29, 0.717) is 12.2 Å². The zero-order valence-electron chi connectivity index (χ0n) is 13.7. The molecule has 0 atom stereocenters. The standard InChI is InChI=1S/C20H22N2O2/c23-19(21-14-13-15-7-2-1-3-8-15)20(24)22-18-12-6-10-16-9-4-5-11-17(16)18/h4-7,9-12H,1-3,8,13-14H2,(H,21,23)(H,22,24). The highest BCUT2D eigenvalue weighted by atomic mass is 16.2. The lowest BCUT2D eigenvalue weighted by atomic mass is 9.97. The van der Waals surface area contributed by atoms with Gasteiger partial charge < -0.3 is 10.6 Å². The molecule has 0 saturated carbocycles. The second-order valence-electron chi connectivity index (χ2n) is 6.09. The van der Waals surface area contributed by atoms with Crippen LogP contribution in [0.2, 0.25) is 0 Å². The van der Waals surface area contributed by atoms with E-state index in [-0.39, 0.29) is 0 Å². The van der Waals surface area contributed by atoms with Crippen molar-refractivity contribution >= 4 is 28.3 Å². The molecule has 0 bridgehead atoms. The summed E-state index contributed by atoms with van der Waals surface area (Å²) in [6.45, 7) is 0.508. The fourth-order valence-corrected chi connectivity index (χ4v) is 3.06. The van der Waals surface area contributed by atoms with Gasteiger partial charge in [0.1, 0.15) is 0 Å². The van der Waals surface area contributed by atoms with Crippen LogP contribution in [0, 0.1) is 0 Å².